The summed E-state index contributed by atoms with van der Waals surface area (Å²) in [7, 11) is 0. The van der Waals surface area contributed by atoms with Gasteiger partial charge >= 0.3 is 6.18 Å². The molecule has 0 saturated carbocycles. The molecular formula is C12H14F3NOS. The van der Waals surface area contributed by atoms with E-state index in [4.69, 9.17) is 22.7 Å². The lowest BCUT2D eigenvalue weighted by Gasteiger charge is -2.13. The van der Waals surface area contributed by atoms with E-state index in [0.29, 0.717) is 24.3 Å². The zero-order valence-corrected chi connectivity index (χ0v) is 10.5. The second-order valence-electron chi connectivity index (χ2n) is 3.77. The third-order valence-electron chi connectivity index (χ3n) is 2.27. The van der Waals surface area contributed by atoms with Crippen LogP contribution >= 0.6 is 12.2 Å². The van der Waals surface area contributed by atoms with Gasteiger partial charge in [0.05, 0.1) is 17.2 Å². The van der Waals surface area contributed by atoms with Gasteiger partial charge in [0.1, 0.15) is 5.75 Å². The number of nitrogens with two attached hydrogens (primary N) is 1. The minimum Gasteiger partial charge on any atom is -0.493 e. The van der Waals surface area contributed by atoms with Crippen molar-refractivity contribution in [1.29, 1.82) is 0 Å². The number of halogens is 3. The molecule has 0 amide bonds. The molecule has 0 aliphatic heterocycles. The van der Waals surface area contributed by atoms with Crippen molar-refractivity contribution < 1.29 is 17.9 Å². The topological polar surface area (TPSA) is 35.2 Å². The molecule has 0 radical (unpaired) electrons. The van der Waals surface area contributed by atoms with Crippen LogP contribution < -0.4 is 10.5 Å². The molecule has 100 valence electrons. The SMILES string of the molecule is NC(=S)CCCCOc1ccccc1C(F)(F)F. The lowest BCUT2D eigenvalue weighted by Crippen LogP contribution is -2.10. The molecule has 18 heavy (non-hydrogen) atoms. The minimum absolute atomic E-state index is 0.139. The van der Waals surface area contributed by atoms with Crippen LogP contribution in [0.4, 0.5) is 13.2 Å². The predicted octanol–water partition coefficient (Wildman–Crippen LogP) is 3.54. The number of rotatable bonds is 6. The quantitative estimate of drug-likeness (QED) is 0.638. The normalized spacial score (nSPS) is 11.3. The van der Waals surface area contributed by atoms with E-state index >= 15 is 0 Å². The molecule has 0 fully saturated rings. The number of alkyl halides is 3. The summed E-state index contributed by atoms with van der Waals surface area (Å²) in [5, 5.41) is 0. The predicted molar refractivity (Wildman–Crippen MR) is 67.6 cm³/mol. The van der Waals surface area contributed by atoms with Gasteiger partial charge in [0.25, 0.3) is 0 Å². The Morgan fingerprint density at radius 3 is 2.50 bits per heavy atom. The Morgan fingerprint density at radius 2 is 1.89 bits per heavy atom. The molecule has 6 heteroatoms. The Balaban J connectivity index is 2.50. The number of hydrogen-bond acceptors (Lipinski definition) is 2. The molecule has 0 bridgehead atoms. The number of unbranched alkanes of at least 4 members (excludes halogenated alkanes) is 1. The minimum atomic E-state index is -4.39. The Kier molecular flexibility index (Phi) is 5.40. The van der Waals surface area contributed by atoms with Crippen molar-refractivity contribution in [3.05, 3.63) is 29.8 Å². The summed E-state index contributed by atoms with van der Waals surface area (Å²) in [6, 6.07) is 5.17. The van der Waals surface area contributed by atoms with Crippen molar-refractivity contribution >= 4 is 17.2 Å². The molecule has 2 nitrogen and oxygen atoms in total. The first-order valence-corrected chi connectivity index (χ1v) is 5.89. The van der Waals surface area contributed by atoms with Crippen molar-refractivity contribution in [2.24, 2.45) is 5.73 Å². The van der Waals surface area contributed by atoms with Gasteiger partial charge in [0.15, 0.2) is 0 Å². The number of ether oxygens (including phenoxy) is 1. The Labute approximate surface area is 109 Å². The molecule has 0 saturated heterocycles. The standard InChI is InChI=1S/C12H14F3NOS/c13-12(14,15)9-5-1-2-6-10(9)17-8-4-3-7-11(16)18/h1-2,5-6H,3-4,7-8H2,(H2,16,18). The van der Waals surface area contributed by atoms with E-state index in [1.165, 1.54) is 18.2 Å². The maximum Gasteiger partial charge on any atom is 0.419 e. The van der Waals surface area contributed by atoms with E-state index in [9.17, 15) is 13.2 Å². The molecule has 0 spiro atoms. The highest BCUT2D eigenvalue weighted by Crippen LogP contribution is 2.35. The highest BCUT2D eigenvalue weighted by atomic mass is 32.1. The first-order valence-electron chi connectivity index (χ1n) is 5.48. The smallest absolute Gasteiger partial charge is 0.419 e. The molecule has 2 N–H and O–H groups in total. The van der Waals surface area contributed by atoms with Crippen LogP contribution in [-0.4, -0.2) is 11.6 Å². The fourth-order valence-electron chi connectivity index (χ4n) is 1.41. The molecule has 0 unspecified atom stereocenters. The van der Waals surface area contributed by atoms with Crippen LogP contribution in [-0.2, 0) is 6.18 Å². The van der Waals surface area contributed by atoms with Crippen molar-refractivity contribution in [3.63, 3.8) is 0 Å². The summed E-state index contributed by atoms with van der Waals surface area (Å²) in [5.74, 6) is -0.139. The van der Waals surface area contributed by atoms with E-state index in [0.717, 1.165) is 6.07 Å². The van der Waals surface area contributed by atoms with E-state index < -0.39 is 11.7 Å². The molecule has 0 aromatic heterocycles. The number of benzene rings is 1. The number of thiocarbonyl (C=S) groups is 1. The van der Waals surface area contributed by atoms with Crippen molar-refractivity contribution in [2.75, 3.05) is 6.61 Å². The molecule has 0 aliphatic carbocycles. The Morgan fingerprint density at radius 1 is 1.22 bits per heavy atom. The summed E-state index contributed by atoms with van der Waals surface area (Å²) in [4.78, 5) is 0.408. The first-order chi connectivity index (χ1) is 8.41. The van der Waals surface area contributed by atoms with Crippen molar-refractivity contribution in [1.82, 2.24) is 0 Å². The molecule has 0 aliphatic rings. The van der Waals surface area contributed by atoms with E-state index in [-0.39, 0.29) is 12.4 Å². The summed E-state index contributed by atoms with van der Waals surface area (Å²) in [5.41, 5.74) is 4.56. The van der Waals surface area contributed by atoms with E-state index in [2.05, 4.69) is 0 Å². The number of para-hydroxylation sites is 1. The Bertz CT molecular complexity index is 407. The van der Waals surface area contributed by atoms with Crippen LogP contribution in [0.5, 0.6) is 5.75 Å². The van der Waals surface area contributed by atoms with Gasteiger partial charge in [0, 0.05) is 0 Å². The van der Waals surface area contributed by atoms with Crippen LogP contribution in [0.3, 0.4) is 0 Å². The Hall–Kier alpha value is -1.30. The highest BCUT2D eigenvalue weighted by molar-refractivity contribution is 7.80. The largest absolute Gasteiger partial charge is 0.493 e. The summed E-state index contributed by atoms with van der Waals surface area (Å²) >= 11 is 4.70. The summed E-state index contributed by atoms with van der Waals surface area (Å²) < 4.78 is 43.0. The average molecular weight is 277 g/mol. The molecule has 1 aromatic carbocycles. The van der Waals surface area contributed by atoms with Gasteiger partial charge in [-0.05, 0) is 31.4 Å². The first kappa shape index (κ1) is 14.8. The summed E-state index contributed by atoms with van der Waals surface area (Å²) in [6.45, 7) is 0.218. The van der Waals surface area contributed by atoms with Crippen LogP contribution in [0.1, 0.15) is 24.8 Å². The molecular weight excluding hydrogens is 263 g/mol. The van der Waals surface area contributed by atoms with Crippen LogP contribution in [0.15, 0.2) is 24.3 Å². The average Bonchev–Trinajstić information content (AvgIpc) is 2.27. The second-order valence-corrected chi connectivity index (χ2v) is 4.29. The van der Waals surface area contributed by atoms with Gasteiger partial charge in [-0.25, -0.2) is 0 Å². The zero-order chi connectivity index (χ0) is 13.6. The highest BCUT2D eigenvalue weighted by Gasteiger charge is 2.33. The van der Waals surface area contributed by atoms with E-state index in [1.54, 1.807) is 0 Å². The van der Waals surface area contributed by atoms with Crippen molar-refractivity contribution in [3.8, 4) is 5.75 Å². The zero-order valence-electron chi connectivity index (χ0n) is 9.67. The van der Waals surface area contributed by atoms with Gasteiger partial charge < -0.3 is 10.5 Å². The molecule has 0 atom stereocenters. The third-order valence-corrected chi connectivity index (χ3v) is 2.47. The second kappa shape index (κ2) is 6.58. The summed E-state index contributed by atoms with van der Waals surface area (Å²) in [6.07, 6.45) is -2.48. The van der Waals surface area contributed by atoms with Gasteiger partial charge in [-0.1, -0.05) is 24.4 Å². The number of hydrogen-bond donors (Lipinski definition) is 1. The fraction of sp³-hybridized carbons (Fsp3) is 0.417. The third kappa shape index (κ3) is 4.91. The maximum atomic E-state index is 12.6. The van der Waals surface area contributed by atoms with Crippen molar-refractivity contribution in [2.45, 2.75) is 25.4 Å². The molecule has 0 heterocycles. The van der Waals surface area contributed by atoms with Gasteiger partial charge in [0.2, 0.25) is 0 Å². The molecule has 1 rings (SSSR count). The molecule has 1 aromatic rings. The lowest BCUT2D eigenvalue weighted by molar-refractivity contribution is -0.138. The van der Waals surface area contributed by atoms with E-state index in [1.807, 2.05) is 0 Å². The fourth-order valence-corrected chi connectivity index (χ4v) is 1.55. The van der Waals surface area contributed by atoms with Crippen LogP contribution in [0.2, 0.25) is 0 Å². The van der Waals surface area contributed by atoms with Gasteiger partial charge in [-0.3, -0.25) is 0 Å². The lowest BCUT2D eigenvalue weighted by atomic mass is 10.2. The van der Waals surface area contributed by atoms with Gasteiger partial charge in [-0.15, -0.1) is 0 Å². The van der Waals surface area contributed by atoms with Crippen LogP contribution in [0, 0.1) is 0 Å². The maximum absolute atomic E-state index is 12.6. The van der Waals surface area contributed by atoms with Gasteiger partial charge in [-0.2, -0.15) is 13.2 Å². The monoisotopic (exact) mass is 277 g/mol. The van der Waals surface area contributed by atoms with Crippen LogP contribution in [0.25, 0.3) is 0 Å².